The van der Waals surface area contributed by atoms with Crippen LogP contribution in [0.1, 0.15) is 89.8 Å². The fourth-order valence-corrected chi connectivity index (χ4v) is 7.99. The summed E-state index contributed by atoms with van der Waals surface area (Å²) in [6.07, 6.45) is -1.44. The Balaban J connectivity index is 1.88. The zero-order valence-corrected chi connectivity index (χ0v) is 38.3. The number of carbonyl (C=O) groups is 8. The van der Waals surface area contributed by atoms with E-state index in [9.17, 15) is 48.6 Å². The Hall–Kier alpha value is -6.11. The number of fused-ring (bicyclic) bond motifs is 1. The number of aliphatic hydroxyl groups excluding tert-OH is 1. The van der Waals surface area contributed by atoms with E-state index in [1.54, 1.807) is 58.0 Å². The number of carbonyl (C=O) groups excluding carboxylic acids is 8. The highest BCUT2D eigenvalue weighted by Crippen LogP contribution is 2.27. The van der Waals surface area contributed by atoms with E-state index in [2.05, 4.69) is 20.9 Å². The minimum Gasteiger partial charge on any atom is -0.505 e. The number of ether oxygens (including phenoxy) is 1. The minimum absolute atomic E-state index is 0.0339. The number of aromatic nitrogens is 1. The molecule has 0 bridgehead atoms. The van der Waals surface area contributed by atoms with Gasteiger partial charge < -0.3 is 50.5 Å². The number of aliphatic hydroxyl groups is 1. The van der Waals surface area contributed by atoms with Crippen molar-refractivity contribution in [2.75, 3.05) is 34.2 Å². The van der Waals surface area contributed by atoms with E-state index < -0.39 is 120 Å². The SMILES string of the molecule is CCC1NC(=O)C(C(C)C(C)C)N(C)C(=O)CN(C)C(=O)C2CC(O)CN2C(=O)C(CC(C)C)NC(=O)C(NC(=O)c2ncccc2O)C(C)OC(=O)C(c2ccccc2)N(C)C1=O. The molecule has 0 radical (unpaired) electrons. The number of hydrogen-bond acceptors (Lipinski definition) is 12. The van der Waals surface area contributed by atoms with E-state index in [1.165, 1.54) is 51.3 Å². The summed E-state index contributed by atoms with van der Waals surface area (Å²) < 4.78 is 5.94. The molecule has 64 heavy (non-hydrogen) atoms. The van der Waals surface area contributed by atoms with Crippen LogP contribution in [-0.2, 0) is 38.3 Å². The Kier molecular flexibility index (Phi) is 17.4. The molecular formula is C45H64N8O11. The van der Waals surface area contributed by atoms with Gasteiger partial charge in [0.25, 0.3) is 5.91 Å². The summed E-state index contributed by atoms with van der Waals surface area (Å²) in [5.74, 6) is -7.67. The van der Waals surface area contributed by atoms with Gasteiger partial charge in [0.2, 0.25) is 35.4 Å². The summed E-state index contributed by atoms with van der Waals surface area (Å²) in [5.41, 5.74) is -0.136. The third-order valence-corrected chi connectivity index (χ3v) is 12.0. The van der Waals surface area contributed by atoms with Crippen LogP contribution in [0.2, 0.25) is 0 Å². The normalized spacial score (nSPS) is 26.8. The van der Waals surface area contributed by atoms with Crippen LogP contribution in [0.5, 0.6) is 5.75 Å². The molecule has 1 aromatic heterocycles. The van der Waals surface area contributed by atoms with Crippen LogP contribution < -0.4 is 16.0 Å². The first-order valence-electron chi connectivity index (χ1n) is 21.7. The Bertz CT molecular complexity index is 2030. The zero-order chi connectivity index (χ0) is 47.7. The van der Waals surface area contributed by atoms with Crippen LogP contribution in [0.25, 0.3) is 0 Å². The Labute approximate surface area is 374 Å². The second-order valence-corrected chi connectivity index (χ2v) is 17.5. The van der Waals surface area contributed by atoms with Crippen molar-refractivity contribution in [2.24, 2.45) is 17.8 Å². The number of benzene rings is 1. The molecule has 2 saturated heterocycles. The third-order valence-electron chi connectivity index (χ3n) is 12.0. The molecule has 1 aromatic carbocycles. The Morgan fingerprint density at radius 2 is 1.52 bits per heavy atom. The van der Waals surface area contributed by atoms with Gasteiger partial charge in [0.15, 0.2) is 11.7 Å². The van der Waals surface area contributed by atoms with Crippen LogP contribution in [0, 0.1) is 17.8 Å². The number of likely N-dealkylation sites (N-methyl/N-ethyl adjacent to an activating group) is 3. The van der Waals surface area contributed by atoms with Crippen molar-refractivity contribution in [3.8, 4) is 5.75 Å². The van der Waals surface area contributed by atoms with Crippen LogP contribution in [0.4, 0.5) is 0 Å². The van der Waals surface area contributed by atoms with Crippen molar-refractivity contribution < 1.29 is 53.3 Å². The van der Waals surface area contributed by atoms with Crippen molar-refractivity contribution in [3.05, 3.63) is 59.9 Å². The van der Waals surface area contributed by atoms with E-state index in [4.69, 9.17) is 4.74 Å². The average molecular weight is 893 g/mol. The Morgan fingerprint density at radius 1 is 0.875 bits per heavy atom. The number of nitrogens with zero attached hydrogens (tertiary/aromatic N) is 5. The van der Waals surface area contributed by atoms with Crippen molar-refractivity contribution in [1.29, 1.82) is 0 Å². The summed E-state index contributed by atoms with van der Waals surface area (Å²) >= 11 is 0. The van der Waals surface area contributed by atoms with Gasteiger partial charge in [0, 0.05) is 40.3 Å². The second-order valence-electron chi connectivity index (χ2n) is 17.5. The number of aromatic hydroxyl groups is 1. The predicted molar refractivity (Wildman–Crippen MR) is 233 cm³/mol. The van der Waals surface area contributed by atoms with Gasteiger partial charge in [-0.05, 0) is 55.2 Å². The third kappa shape index (κ3) is 11.9. The summed E-state index contributed by atoms with van der Waals surface area (Å²) in [6, 6.07) is 2.70. The molecule has 0 spiro atoms. The number of pyridine rings is 1. The lowest BCUT2D eigenvalue weighted by Crippen LogP contribution is -2.60. The maximum Gasteiger partial charge on any atom is 0.333 e. The molecule has 3 heterocycles. The van der Waals surface area contributed by atoms with E-state index in [0.29, 0.717) is 5.56 Å². The van der Waals surface area contributed by atoms with Crippen molar-refractivity contribution in [3.63, 3.8) is 0 Å². The van der Waals surface area contributed by atoms with Gasteiger partial charge in [-0.1, -0.05) is 71.9 Å². The standard InChI is InChI=1S/C45H64N8O11/c1-11-30-42(60)52(10)38(28-16-13-12-14-17-28)45(63)64-27(7)35(49-40(58)36-33(55)18-15-19-46-36)39(57)48-31(20-24(2)3)43(61)53-22-29(54)21-32(53)44(62)50(8)23-34(56)51(9)37(41(59)47-30)26(6)25(4)5/h12-19,24-27,29-32,35,37-38,54-55H,11,20-23H2,1-10H3,(H,47,59)(H,48,57)(H,49,58). The van der Waals surface area contributed by atoms with Gasteiger partial charge in [0.05, 0.1) is 12.6 Å². The van der Waals surface area contributed by atoms with E-state index in [-0.39, 0.29) is 37.6 Å². The number of cyclic esters (lactones) is 1. The van der Waals surface area contributed by atoms with Gasteiger partial charge in [-0.25, -0.2) is 9.78 Å². The van der Waals surface area contributed by atoms with Gasteiger partial charge >= 0.3 is 5.97 Å². The number of amides is 7. The van der Waals surface area contributed by atoms with Gasteiger partial charge in [-0.2, -0.15) is 0 Å². The van der Waals surface area contributed by atoms with E-state index in [1.807, 2.05) is 13.8 Å². The molecule has 2 aliphatic heterocycles. The van der Waals surface area contributed by atoms with Gasteiger partial charge in [-0.15, -0.1) is 0 Å². The molecule has 19 nitrogen and oxygen atoms in total. The number of esters is 1. The zero-order valence-electron chi connectivity index (χ0n) is 38.3. The van der Waals surface area contributed by atoms with E-state index >= 15 is 0 Å². The number of hydrogen-bond donors (Lipinski definition) is 5. The monoisotopic (exact) mass is 892 g/mol. The lowest BCUT2D eigenvalue weighted by Gasteiger charge is -2.37. The van der Waals surface area contributed by atoms with Crippen molar-refractivity contribution in [1.82, 2.24) is 40.5 Å². The number of nitrogens with one attached hydrogen (secondary N) is 3. The Morgan fingerprint density at radius 3 is 2.11 bits per heavy atom. The average Bonchev–Trinajstić information content (AvgIpc) is 3.64. The molecule has 7 amide bonds. The molecule has 4 rings (SSSR count). The molecule has 9 atom stereocenters. The van der Waals surface area contributed by atoms with Crippen LogP contribution >= 0.6 is 0 Å². The van der Waals surface area contributed by atoms with Gasteiger partial charge in [0.1, 0.15) is 42.1 Å². The summed E-state index contributed by atoms with van der Waals surface area (Å²) in [4.78, 5) is 122. The van der Waals surface area contributed by atoms with E-state index in [0.717, 1.165) is 14.7 Å². The summed E-state index contributed by atoms with van der Waals surface area (Å²) in [5, 5.41) is 29.2. The molecule has 19 heteroatoms. The molecule has 350 valence electrons. The highest BCUT2D eigenvalue weighted by molar-refractivity contribution is 6.00. The first-order chi connectivity index (χ1) is 30.1. The lowest BCUT2D eigenvalue weighted by atomic mass is 9.88. The maximum absolute atomic E-state index is 14.5. The lowest BCUT2D eigenvalue weighted by molar-refractivity contribution is -0.161. The van der Waals surface area contributed by atoms with Crippen molar-refractivity contribution in [2.45, 2.75) is 116 Å². The molecule has 2 aromatic rings. The highest BCUT2D eigenvalue weighted by Gasteiger charge is 2.45. The first kappa shape index (κ1) is 50.5. The van der Waals surface area contributed by atoms with Crippen LogP contribution in [-0.4, -0.2) is 159 Å². The quantitative estimate of drug-likeness (QED) is 0.233. The maximum atomic E-state index is 14.5. The molecular weight excluding hydrogens is 829 g/mol. The fourth-order valence-electron chi connectivity index (χ4n) is 7.99. The molecule has 9 unspecified atom stereocenters. The highest BCUT2D eigenvalue weighted by atomic mass is 16.5. The first-order valence-corrected chi connectivity index (χ1v) is 21.7. The van der Waals surface area contributed by atoms with Crippen LogP contribution in [0.3, 0.4) is 0 Å². The molecule has 5 N–H and O–H groups in total. The largest absolute Gasteiger partial charge is 0.505 e. The molecule has 0 saturated carbocycles. The van der Waals surface area contributed by atoms with Crippen molar-refractivity contribution >= 4 is 47.3 Å². The minimum atomic E-state index is -1.74. The topological polar surface area (TPSA) is 248 Å². The summed E-state index contributed by atoms with van der Waals surface area (Å²) in [6.45, 7) is 11.4. The van der Waals surface area contributed by atoms with Crippen LogP contribution in [0.15, 0.2) is 48.7 Å². The second kappa shape index (κ2) is 22.0. The summed E-state index contributed by atoms with van der Waals surface area (Å²) in [7, 11) is 4.16. The molecule has 2 aliphatic rings. The molecule has 2 fully saturated rings. The van der Waals surface area contributed by atoms with Gasteiger partial charge in [-0.3, -0.25) is 33.6 Å². The fraction of sp³-hybridized carbons (Fsp3) is 0.578. The smallest absolute Gasteiger partial charge is 0.333 e. The number of rotatable bonds is 8. The molecule has 0 aliphatic carbocycles. The predicted octanol–water partition coefficient (Wildman–Crippen LogP) is 0.996.